The Morgan fingerprint density at radius 2 is 1.53 bits per heavy atom. The maximum Gasteiger partial charge on any atom is 0.124 e. The first-order valence-corrected chi connectivity index (χ1v) is 10.2. The molecule has 0 aromatic heterocycles. The first-order chi connectivity index (χ1) is 14.6. The number of anilines is 1. The lowest BCUT2D eigenvalue weighted by Crippen LogP contribution is -2.49. The molecule has 1 unspecified atom stereocenters. The minimum absolute atomic E-state index is 0.277. The van der Waals surface area contributed by atoms with Crippen molar-refractivity contribution in [3.8, 4) is 17.2 Å². The molecule has 164 valence electrons. The van der Waals surface area contributed by atoms with Gasteiger partial charge in [0.1, 0.15) is 17.2 Å². The summed E-state index contributed by atoms with van der Waals surface area (Å²) in [6.07, 6.45) is -0.533. The molecule has 1 heterocycles. The molecule has 1 saturated heterocycles. The average Bonchev–Trinajstić information content (AvgIpc) is 2.79. The van der Waals surface area contributed by atoms with Crippen molar-refractivity contribution in [2.75, 3.05) is 65.6 Å². The van der Waals surface area contributed by atoms with Gasteiger partial charge in [0, 0.05) is 44.0 Å². The second kappa shape index (κ2) is 11.1. The largest absolute Gasteiger partial charge is 0.497 e. The molecule has 0 spiro atoms. The standard InChI is InChI=1S/C23H32N2O5/c1-27-21-6-4-19(5-7-21)25-12-10-24(11-13-25)15-20(26)17-30-16-18-14-22(28-2)8-9-23(18)29-3/h4-9,14,20,26H,10-13,15-17H2,1-3H3. The van der Waals surface area contributed by atoms with Crippen molar-refractivity contribution < 1.29 is 24.1 Å². The van der Waals surface area contributed by atoms with Gasteiger partial charge in [-0.15, -0.1) is 0 Å². The molecule has 0 saturated carbocycles. The van der Waals surface area contributed by atoms with E-state index < -0.39 is 6.10 Å². The van der Waals surface area contributed by atoms with E-state index in [9.17, 15) is 5.11 Å². The Bertz CT molecular complexity index is 776. The van der Waals surface area contributed by atoms with Gasteiger partial charge in [-0.05, 0) is 42.5 Å². The minimum Gasteiger partial charge on any atom is -0.497 e. The third-order valence-corrected chi connectivity index (χ3v) is 5.33. The number of methoxy groups -OCH3 is 3. The molecule has 0 bridgehead atoms. The number of β-amino-alcohol motifs (C(OH)–C–C–N with tert-alkyl or cyclic N) is 1. The quantitative estimate of drug-likeness (QED) is 0.638. The van der Waals surface area contributed by atoms with Crippen LogP contribution in [-0.2, 0) is 11.3 Å². The van der Waals surface area contributed by atoms with E-state index in [1.54, 1.807) is 21.3 Å². The van der Waals surface area contributed by atoms with Gasteiger partial charge in [0.25, 0.3) is 0 Å². The zero-order valence-electron chi connectivity index (χ0n) is 18.0. The summed E-state index contributed by atoms with van der Waals surface area (Å²) < 4.78 is 21.6. The second-order valence-electron chi connectivity index (χ2n) is 7.33. The fourth-order valence-corrected chi connectivity index (χ4v) is 3.63. The fraction of sp³-hybridized carbons (Fsp3) is 0.478. The number of nitrogens with zero attached hydrogens (tertiary/aromatic N) is 2. The van der Waals surface area contributed by atoms with Gasteiger partial charge in [0.05, 0.1) is 40.6 Å². The highest BCUT2D eigenvalue weighted by Gasteiger charge is 2.20. The number of aliphatic hydroxyl groups excluding tert-OH is 1. The Hall–Kier alpha value is -2.48. The van der Waals surface area contributed by atoms with E-state index in [2.05, 4.69) is 21.9 Å². The Labute approximate surface area is 178 Å². The molecule has 1 aliphatic heterocycles. The number of hydrogen-bond donors (Lipinski definition) is 1. The van der Waals surface area contributed by atoms with Crippen LogP contribution in [0.4, 0.5) is 5.69 Å². The van der Waals surface area contributed by atoms with Crippen molar-refractivity contribution in [3.05, 3.63) is 48.0 Å². The van der Waals surface area contributed by atoms with Crippen LogP contribution in [0.1, 0.15) is 5.56 Å². The van der Waals surface area contributed by atoms with Crippen LogP contribution < -0.4 is 19.1 Å². The monoisotopic (exact) mass is 416 g/mol. The minimum atomic E-state index is -0.533. The van der Waals surface area contributed by atoms with Crippen molar-refractivity contribution in [2.24, 2.45) is 0 Å². The Morgan fingerprint density at radius 3 is 2.17 bits per heavy atom. The molecule has 0 radical (unpaired) electrons. The summed E-state index contributed by atoms with van der Waals surface area (Å²) in [6, 6.07) is 13.7. The van der Waals surface area contributed by atoms with Crippen molar-refractivity contribution in [3.63, 3.8) is 0 Å². The molecule has 1 fully saturated rings. The van der Waals surface area contributed by atoms with Gasteiger partial charge < -0.3 is 29.0 Å². The van der Waals surface area contributed by atoms with Crippen LogP contribution in [0.25, 0.3) is 0 Å². The van der Waals surface area contributed by atoms with Crippen LogP contribution in [0.15, 0.2) is 42.5 Å². The van der Waals surface area contributed by atoms with Crippen molar-refractivity contribution >= 4 is 5.69 Å². The van der Waals surface area contributed by atoms with Crippen LogP contribution in [0.2, 0.25) is 0 Å². The summed E-state index contributed by atoms with van der Waals surface area (Å²) in [6.45, 7) is 4.93. The summed E-state index contributed by atoms with van der Waals surface area (Å²) in [4.78, 5) is 4.63. The van der Waals surface area contributed by atoms with E-state index in [-0.39, 0.29) is 6.61 Å². The second-order valence-corrected chi connectivity index (χ2v) is 7.33. The van der Waals surface area contributed by atoms with Gasteiger partial charge in [-0.1, -0.05) is 0 Å². The first-order valence-electron chi connectivity index (χ1n) is 10.2. The molecular formula is C23H32N2O5. The van der Waals surface area contributed by atoms with E-state index in [0.29, 0.717) is 13.2 Å². The van der Waals surface area contributed by atoms with Gasteiger partial charge in [-0.3, -0.25) is 4.90 Å². The predicted octanol–water partition coefficient (Wildman–Crippen LogP) is 2.41. The van der Waals surface area contributed by atoms with E-state index >= 15 is 0 Å². The molecule has 2 aromatic carbocycles. The van der Waals surface area contributed by atoms with E-state index in [4.69, 9.17) is 18.9 Å². The van der Waals surface area contributed by atoms with Crippen molar-refractivity contribution in [1.82, 2.24) is 4.90 Å². The Kier molecular flexibility index (Phi) is 8.19. The average molecular weight is 417 g/mol. The van der Waals surface area contributed by atoms with Crippen LogP contribution >= 0.6 is 0 Å². The highest BCUT2D eigenvalue weighted by molar-refractivity contribution is 5.49. The molecule has 1 N–H and O–H groups in total. The van der Waals surface area contributed by atoms with E-state index in [1.165, 1.54) is 5.69 Å². The highest BCUT2D eigenvalue weighted by atomic mass is 16.5. The zero-order chi connectivity index (χ0) is 21.3. The van der Waals surface area contributed by atoms with Crippen molar-refractivity contribution in [2.45, 2.75) is 12.7 Å². The summed E-state index contributed by atoms with van der Waals surface area (Å²) in [5.74, 6) is 2.37. The van der Waals surface area contributed by atoms with Gasteiger partial charge in [0.2, 0.25) is 0 Å². The molecule has 7 nitrogen and oxygen atoms in total. The molecule has 0 aliphatic carbocycles. The summed E-state index contributed by atoms with van der Waals surface area (Å²) >= 11 is 0. The predicted molar refractivity (Wildman–Crippen MR) is 117 cm³/mol. The highest BCUT2D eigenvalue weighted by Crippen LogP contribution is 2.25. The summed E-state index contributed by atoms with van der Waals surface area (Å²) in [5, 5.41) is 10.4. The van der Waals surface area contributed by atoms with Crippen molar-refractivity contribution in [1.29, 1.82) is 0 Å². The van der Waals surface area contributed by atoms with E-state index in [1.807, 2.05) is 30.3 Å². The smallest absolute Gasteiger partial charge is 0.124 e. The maximum atomic E-state index is 10.4. The van der Waals surface area contributed by atoms with Crippen LogP contribution in [-0.4, -0.2) is 76.8 Å². The lowest BCUT2D eigenvalue weighted by Gasteiger charge is -2.36. The van der Waals surface area contributed by atoms with E-state index in [0.717, 1.165) is 49.0 Å². The lowest BCUT2D eigenvalue weighted by molar-refractivity contribution is 0.00862. The molecular weight excluding hydrogens is 384 g/mol. The third kappa shape index (κ3) is 6.01. The van der Waals surface area contributed by atoms with Crippen LogP contribution in [0.3, 0.4) is 0 Å². The number of rotatable bonds is 10. The molecule has 7 heteroatoms. The number of benzene rings is 2. The zero-order valence-corrected chi connectivity index (χ0v) is 18.0. The molecule has 0 amide bonds. The number of piperazine rings is 1. The maximum absolute atomic E-state index is 10.4. The molecule has 1 aliphatic rings. The topological polar surface area (TPSA) is 63.6 Å². The van der Waals surface area contributed by atoms with Crippen LogP contribution in [0, 0.1) is 0 Å². The molecule has 3 rings (SSSR count). The molecule has 30 heavy (non-hydrogen) atoms. The summed E-state index contributed by atoms with van der Waals surface area (Å²) in [7, 11) is 4.94. The Morgan fingerprint density at radius 1 is 0.867 bits per heavy atom. The van der Waals surface area contributed by atoms with Gasteiger partial charge in [0.15, 0.2) is 0 Å². The van der Waals surface area contributed by atoms with Gasteiger partial charge >= 0.3 is 0 Å². The number of ether oxygens (including phenoxy) is 4. The van der Waals surface area contributed by atoms with Crippen LogP contribution in [0.5, 0.6) is 17.2 Å². The first kappa shape index (κ1) is 22.2. The van der Waals surface area contributed by atoms with Gasteiger partial charge in [-0.2, -0.15) is 0 Å². The van der Waals surface area contributed by atoms with Gasteiger partial charge in [-0.25, -0.2) is 0 Å². The lowest BCUT2D eigenvalue weighted by atomic mass is 10.2. The molecule has 2 aromatic rings. The third-order valence-electron chi connectivity index (χ3n) is 5.33. The number of aliphatic hydroxyl groups is 1. The molecule has 1 atom stereocenters. The Balaban J connectivity index is 1.40. The SMILES string of the molecule is COc1ccc(N2CCN(CC(O)COCc3cc(OC)ccc3OC)CC2)cc1. The normalized spacial score (nSPS) is 15.7. The fourth-order valence-electron chi connectivity index (χ4n) is 3.63. The number of hydrogen-bond acceptors (Lipinski definition) is 7. The summed E-state index contributed by atoms with van der Waals surface area (Å²) in [5.41, 5.74) is 2.10.